The number of hydrogen-bond acceptors (Lipinski definition) is 4. The highest BCUT2D eigenvalue weighted by Gasteiger charge is 2.21. The molecule has 1 unspecified atom stereocenters. The van der Waals surface area contributed by atoms with Crippen LogP contribution in [0.25, 0.3) is 0 Å². The summed E-state index contributed by atoms with van der Waals surface area (Å²) in [5.74, 6) is -0.441. The van der Waals surface area contributed by atoms with Crippen LogP contribution in [0.3, 0.4) is 0 Å². The van der Waals surface area contributed by atoms with Crippen molar-refractivity contribution in [2.24, 2.45) is 5.92 Å². The van der Waals surface area contributed by atoms with E-state index >= 15 is 0 Å². The lowest BCUT2D eigenvalue weighted by Gasteiger charge is -2.23. The zero-order valence-electron chi connectivity index (χ0n) is 12.3. The van der Waals surface area contributed by atoms with Gasteiger partial charge in [0.2, 0.25) is 0 Å². The second-order valence-corrected chi connectivity index (χ2v) is 6.47. The van der Waals surface area contributed by atoms with Gasteiger partial charge in [-0.25, -0.2) is 14.6 Å². The summed E-state index contributed by atoms with van der Waals surface area (Å²) in [7, 11) is 1.80. The van der Waals surface area contributed by atoms with Gasteiger partial charge in [-0.05, 0) is 25.7 Å². The normalized spacial score (nSPS) is 16.7. The number of carboxylic acid groups (broad SMARTS) is 1. The molecule has 1 fully saturated rings. The van der Waals surface area contributed by atoms with Gasteiger partial charge >= 0.3 is 12.0 Å². The first-order chi connectivity index (χ1) is 9.97. The van der Waals surface area contributed by atoms with E-state index in [9.17, 15) is 9.59 Å². The third-order valence-electron chi connectivity index (χ3n) is 3.80. The van der Waals surface area contributed by atoms with Crippen LogP contribution in [0.5, 0.6) is 0 Å². The fraction of sp³-hybridized carbons (Fsp3) is 0.643. The molecule has 1 heterocycles. The van der Waals surface area contributed by atoms with E-state index in [1.54, 1.807) is 11.9 Å². The van der Waals surface area contributed by atoms with Gasteiger partial charge in [-0.2, -0.15) is 0 Å². The maximum absolute atomic E-state index is 12.1. The molecule has 2 rings (SSSR count). The molecule has 1 aliphatic carbocycles. The number of hydrogen-bond donors (Lipinski definition) is 2. The van der Waals surface area contributed by atoms with E-state index in [2.05, 4.69) is 10.3 Å². The van der Waals surface area contributed by atoms with Crippen LogP contribution in [0, 0.1) is 5.92 Å². The molecule has 0 radical (unpaired) electrons. The number of carbonyl (C=O) groups excluding carboxylic acids is 1. The van der Waals surface area contributed by atoms with Crippen molar-refractivity contribution in [3.63, 3.8) is 0 Å². The van der Waals surface area contributed by atoms with E-state index in [0.29, 0.717) is 10.9 Å². The smallest absolute Gasteiger partial charge is 0.355 e. The van der Waals surface area contributed by atoms with Crippen LogP contribution >= 0.6 is 11.3 Å². The predicted molar refractivity (Wildman–Crippen MR) is 80.6 cm³/mol. The summed E-state index contributed by atoms with van der Waals surface area (Å²) in [4.78, 5) is 28.7. The Hall–Kier alpha value is -1.63. The summed E-state index contributed by atoms with van der Waals surface area (Å²) < 4.78 is 0. The lowest BCUT2D eigenvalue weighted by molar-refractivity contribution is 0.0691. The largest absolute Gasteiger partial charge is 0.476 e. The molecule has 1 atom stereocenters. The van der Waals surface area contributed by atoms with Crippen LogP contribution in [-0.2, 0) is 0 Å². The zero-order valence-corrected chi connectivity index (χ0v) is 13.2. The average molecular weight is 311 g/mol. The predicted octanol–water partition coefficient (Wildman–Crippen LogP) is 2.73. The molecule has 0 bridgehead atoms. The van der Waals surface area contributed by atoms with Gasteiger partial charge in [0.1, 0.15) is 5.01 Å². The molecule has 7 heteroatoms. The molecule has 21 heavy (non-hydrogen) atoms. The highest BCUT2D eigenvalue weighted by atomic mass is 32.1. The molecule has 0 aliphatic heterocycles. The summed E-state index contributed by atoms with van der Waals surface area (Å²) in [6.07, 6.45) is 4.91. The van der Waals surface area contributed by atoms with E-state index in [4.69, 9.17) is 5.11 Å². The molecule has 1 aromatic heterocycles. The molecule has 1 aromatic rings. The number of nitrogens with zero attached hydrogens (tertiary/aromatic N) is 2. The van der Waals surface area contributed by atoms with Crippen LogP contribution in [0.4, 0.5) is 4.79 Å². The van der Waals surface area contributed by atoms with Crippen LogP contribution in [-0.4, -0.2) is 40.6 Å². The number of aromatic carboxylic acids is 1. The molecule has 6 nitrogen and oxygen atoms in total. The minimum absolute atomic E-state index is 0.0235. The summed E-state index contributed by atoms with van der Waals surface area (Å²) in [5.41, 5.74) is 0.0235. The molecule has 2 amide bonds. The quantitative estimate of drug-likeness (QED) is 0.876. The van der Waals surface area contributed by atoms with Gasteiger partial charge in [0.25, 0.3) is 0 Å². The van der Waals surface area contributed by atoms with E-state index < -0.39 is 5.97 Å². The van der Waals surface area contributed by atoms with Gasteiger partial charge < -0.3 is 15.3 Å². The standard InChI is InChI=1S/C14H21N3O3S/c1-9(12-16-11(8-21-12)13(18)19)15-14(20)17(2)7-10-5-3-4-6-10/h8-10H,3-7H2,1-2H3,(H,15,20)(H,18,19). The van der Waals surface area contributed by atoms with Crippen molar-refractivity contribution in [3.8, 4) is 0 Å². The van der Waals surface area contributed by atoms with E-state index in [1.807, 2.05) is 6.92 Å². The van der Waals surface area contributed by atoms with Gasteiger partial charge in [-0.3, -0.25) is 0 Å². The molecule has 0 spiro atoms. The van der Waals surface area contributed by atoms with E-state index in [1.165, 1.54) is 42.4 Å². The highest BCUT2D eigenvalue weighted by molar-refractivity contribution is 7.09. The number of rotatable bonds is 5. The van der Waals surface area contributed by atoms with Crippen LogP contribution < -0.4 is 5.32 Å². The maximum Gasteiger partial charge on any atom is 0.355 e. The fourth-order valence-electron chi connectivity index (χ4n) is 2.61. The second kappa shape index (κ2) is 6.89. The van der Waals surface area contributed by atoms with Crippen molar-refractivity contribution in [1.82, 2.24) is 15.2 Å². The van der Waals surface area contributed by atoms with Crippen molar-refractivity contribution < 1.29 is 14.7 Å². The summed E-state index contributed by atoms with van der Waals surface area (Å²) >= 11 is 1.25. The first kappa shape index (κ1) is 15.8. The van der Waals surface area contributed by atoms with Gasteiger partial charge in [-0.1, -0.05) is 12.8 Å². The van der Waals surface area contributed by atoms with Crippen LogP contribution in [0.1, 0.15) is 54.1 Å². The molecular formula is C14H21N3O3S. The van der Waals surface area contributed by atoms with Gasteiger partial charge in [-0.15, -0.1) is 11.3 Å². The first-order valence-electron chi connectivity index (χ1n) is 7.17. The van der Waals surface area contributed by atoms with Crippen molar-refractivity contribution in [2.45, 2.75) is 38.6 Å². The summed E-state index contributed by atoms with van der Waals surface area (Å²) in [5, 5.41) is 13.8. The molecule has 1 saturated carbocycles. The van der Waals surface area contributed by atoms with E-state index in [-0.39, 0.29) is 17.8 Å². The highest BCUT2D eigenvalue weighted by Crippen LogP contribution is 2.25. The van der Waals surface area contributed by atoms with Crippen molar-refractivity contribution in [1.29, 1.82) is 0 Å². The van der Waals surface area contributed by atoms with Gasteiger partial charge in [0.05, 0.1) is 6.04 Å². The third-order valence-corrected chi connectivity index (χ3v) is 4.83. The van der Waals surface area contributed by atoms with Crippen molar-refractivity contribution in [3.05, 3.63) is 16.1 Å². The van der Waals surface area contributed by atoms with Crippen molar-refractivity contribution >= 4 is 23.3 Å². The van der Waals surface area contributed by atoms with E-state index in [0.717, 1.165) is 6.54 Å². The molecule has 1 aliphatic rings. The van der Waals surface area contributed by atoms with Gasteiger partial charge in [0.15, 0.2) is 5.69 Å². The lowest BCUT2D eigenvalue weighted by Crippen LogP contribution is -2.40. The number of nitrogens with one attached hydrogen (secondary N) is 1. The molecule has 0 saturated heterocycles. The zero-order chi connectivity index (χ0) is 15.4. The Morgan fingerprint density at radius 2 is 2.19 bits per heavy atom. The molecule has 116 valence electrons. The van der Waals surface area contributed by atoms with Gasteiger partial charge in [0, 0.05) is 19.0 Å². The lowest BCUT2D eigenvalue weighted by atomic mass is 10.1. The number of amides is 2. The van der Waals surface area contributed by atoms with Crippen LogP contribution in [0.15, 0.2) is 5.38 Å². The Bertz CT molecular complexity index is 511. The SMILES string of the molecule is CC(NC(=O)N(C)CC1CCCC1)c1nc(C(=O)O)cs1. The minimum atomic E-state index is -1.05. The Morgan fingerprint density at radius 1 is 1.52 bits per heavy atom. The fourth-order valence-corrected chi connectivity index (χ4v) is 3.41. The van der Waals surface area contributed by atoms with Crippen molar-refractivity contribution in [2.75, 3.05) is 13.6 Å². The first-order valence-corrected chi connectivity index (χ1v) is 8.05. The average Bonchev–Trinajstić information content (AvgIpc) is 3.09. The Labute approximate surface area is 128 Å². The Morgan fingerprint density at radius 3 is 2.76 bits per heavy atom. The number of aromatic nitrogens is 1. The molecule has 2 N–H and O–H groups in total. The topological polar surface area (TPSA) is 82.5 Å². The number of urea groups is 1. The van der Waals surface area contributed by atoms with Crippen LogP contribution in [0.2, 0.25) is 0 Å². The molecule has 0 aromatic carbocycles. The monoisotopic (exact) mass is 311 g/mol. The number of carbonyl (C=O) groups is 2. The maximum atomic E-state index is 12.1. The Kier molecular flexibility index (Phi) is 5.17. The Balaban J connectivity index is 1.86. The summed E-state index contributed by atoms with van der Waals surface area (Å²) in [6, 6.07) is -0.428. The minimum Gasteiger partial charge on any atom is -0.476 e. The number of carboxylic acids is 1. The second-order valence-electron chi connectivity index (χ2n) is 5.58. The molecular weight excluding hydrogens is 290 g/mol. The summed E-state index contributed by atoms with van der Waals surface area (Å²) in [6.45, 7) is 2.59. The third kappa shape index (κ3) is 4.17. The number of thiazole rings is 1.